The smallest absolute Gasteiger partial charge is 0.408 e. The van der Waals surface area contributed by atoms with Gasteiger partial charge in [0, 0.05) is 13.0 Å². The molecule has 3 N–H and O–H groups in total. The second kappa shape index (κ2) is 19.5. The summed E-state index contributed by atoms with van der Waals surface area (Å²) in [5.74, 6) is -1.49. The van der Waals surface area contributed by atoms with E-state index in [1.165, 1.54) is 12.5 Å². The van der Waals surface area contributed by atoms with Crippen LogP contribution in [0.5, 0.6) is 0 Å². The van der Waals surface area contributed by atoms with E-state index in [0.717, 1.165) is 42.4 Å². The molecule has 1 aliphatic heterocycles. The van der Waals surface area contributed by atoms with E-state index in [9.17, 15) is 24.3 Å². The summed E-state index contributed by atoms with van der Waals surface area (Å²) >= 11 is 0. The van der Waals surface area contributed by atoms with Gasteiger partial charge in [0.05, 0.1) is 24.6 Å². The number of hydrogen-bond acceptors (Lipinski definition) is 7. The third-order valence-electron chi connectivity index (χ3n) is 9.44. The lowest BCUT2D eigenvalue weighted by Crippen LogP contribution is -2.49. The highest BCUT2D eigenvalue weighted by Gasteiger charge is 2.33. The Morgan fingerprint density at radius 3 is 2.29 bits per heavy atom. The van der Waals surface area contributed by atoms with Gasteiger partial charge in [-0.15, -0.1) is 13.2 Å². The fraction of sp³-hybridized carbons (Fsp3) is 0.487. The molecule has 1 heterocycles. The van der Waals surface area contributed by atoms with Crippen molar-refractivity contribution in [3.05, 3.63) is 96.6 Å². The molecule has 0 aromatic heterocycles. The fourth-order valence-corrected chi connectivity index (χ4v) is 6.74. The zero-order chi connectivity index (χ0) is 35.0. The summed E-state index contributed by atoms with van der Waals surface area (Å²) in [6.45, 7) is 7.70. The van der Waals surface area contributed by atoms with Crippen molar-refractivity contribution in [2.45, 2.75) is 95.5 Å². The minimum atomic E-state index is -1.01. The maximum Gasteiger partial charge on any atom is 0.408 e. The molecule has 2 aromatic carbocycles. The normalized spacial score (nSPS) is 17.8. The first kappa shape index (κ1) is 37.4. The van der Waals surface area contributed by atoms with Gasteiger partial charge in [-0.2, -0.15) is 0 Å². The predicted octanol–water partition coefficient (Wildman–Crippen LogP) is 5.38. The number of rotatable bonds is 17. The third kappa shape index (κ3) is 11.6. The molecule has 10 nitrogen and oxygen atoms in total. The van der Waals surface area contributed by atoms with Crippen LogP contribution in [0.25, 0.3) is 0 Å². The number of aliphatic hydroxyl groups excluding tert-OH is 1. The minimum Gasteiger partial charge on any atom is -0.462 e. The molecule has 264 valence electrons. The molecule has 10 heteroatoms. The van der Waals surface area contributed by atoms with E-state index in [1.807, 2.05) is 54.6 Å². The number of nitrogens with one attached hydrogen (secondary N) is 2. The molecular formula is C39H51N3O7. The van der Waals surface area contributed by atoms with Gasteiger partial charge < -0.3 is 30.1 Å². The SMILES string of the molecule is C=CCC(CC(=O)N1Cc2ccccc2CC1CO)C(=O)NC(COC(=O)C(CC=C)NC(=O)OCc1ccccc1)CC1CCCCC1. The van der Waals surface area contributed by atoms with Gasteiger partial charge in [-0.3, -0.25) is 9.59 Å². The maximum atomic E-state index is 13.8. The van der Waals surface area contributed by atoms with Crippen molar-refractivity contribution in [2.24, 2.45) is 11.8 Å². The number of nitrogens with zero attached hydrogens (tertiary/aromatic N) is 1. The van der Waals surface area contributed by atoms with Crippen molar-refractivity contribution in [3.63, 3.8) is 0 Å². The molecule has 1 saturated carbocycles. The van der Waals surface area contributed by atoms with Gasteiger partial charge in [0.2, 0.25) is 11.8 Å². The summed E-state index contributed by atoms with van der Waals surface area (Å²) in [5, 5.41) is 15.7. The fourth-order valence-electron chi connectivity index (χ4n) is 6.74. The monoisotopic (exact) mass is 673 g/mol. The summed E-state index contributed by atoms with van der Waals surface area (Å²) < 4.78 is 11.0. The highest BCUT2D eigenvalue weighted by atomic mass is 16.6. The van der Waals surface area contributed by atoms with Crippen LogP contribution in [0.1, 0.15) is 74.5 Å². The number of aliphatic hydroxyl groups is 1. The molecule has 2 aromatic rings. The number of carbonyl (C=O) groups is 4. The lowest BCUT2D eigenvalue weighted by Gasteiger charge is -2.37. The average molecular weight is 674 g/mol. The number of ether oxygens (including phenoxy) is 2. The van der Waals surface area contributed by atoms with Crippen LogP contribution in [0, 0.1) is 11.8 Å². The van der Waals surface area contributed by atoms with Crippen molar-refractivity contribution in [1.29, 1.82) is 0 Å². The first-order valence-electron chi connectivity index (χ1n) is 17.4. The van der Waals surface area contributed by atoms with Crippen molar-refractivity contribution in [2.75, 3.05) is 13.2 Å². The quantitative estimate of drug-likeness (QED) is 0.152. The van der Waals surface area contributed by atoms with E-state index >= 15 is 0 Å². The molecule has 0 saturated heterocycles. The molecule has 0 spiro atoms. The lowest BCUT2D eigenvalue weighted by atomic mass is 9.84. The zero-order valence-corrected chi connectivity index (χ0v) is 28.4. The van der Waals surface area contributed by atoms with Crippen molar-refractivity contribution < 1.29 is 33.8 Å². The van der Waals surface area contributed by atoms with Crippen LogP contribution in [0.4, 0.5) is 4.79 Å². The first-order valence-corrected chi connectivity index (χ1v) is 17.4. The highest BCUT2D eigenvalue weighted by molar-refractivity contribution is 5.86. The van der Waals surface area contributed by atoms with Crippen molar-refractivity contribution in [1.82, 2.24) is 15.5 Å². The van der Waals surface area contributed by atoms with Crippen LogP contribution in [0.3, 0.4) is 0 Å². The number of alkyl carbamates (subject to hydrolysis) is 1. The molecule has 4 unspecified atom stereocenters. The highest BCUT2D eigenvalue weighted by Crippen LogP contribution is 2.28. The number of fused-ring (bicyclic) bond motifs is 1. The number of esters is 1. The molecule has 1 fully saturated rings. The largest absolute Gasteiger partial charge is 0.462 e. The lowest BCUT2D eigenvalue weighted by molar-refractivity contribution is -0.147. The molecule has 0 bridgehead atoms. The number of hydrogen-bond donors (Lipinski definition) is 3. The van der Waals surface area contributed by atoms with E-state index in [1.54, 1.807) is 11.0 Å². The molecule has 1 aliphatic carbocycles. The van der Waals surface area contributed by atoms with Crippen LogP contribution in [-0.2, 0) is 43.4 Å². The number of benzene rings is 2. The molecule has 3 amide bonds. The van der Waals surface area contributed by atoms with E-state index in [2.05, 4.69) is 23.8 Å². The standard InChI is InChI=1S/C39H51N3O7/c1-3-13-31(23-36(44)42-24-32-20-12-11-19-30(32)22-34(42)25-43)37(45)40-33(21-28-15-7-5-8-16-28)27-48-38(46)35(14-4-2)41-39(47)49-26-29-17-9-6-10-18-29/h3-4,6,9-12,17-20,28,31,33-35,43H,1-2,5,7-8,13-16,21-27H2,(H,40,45)(H,41,47). The van der Waals surface area contributed by atoms with E-state index in [4.69, 9.17) is 9.47 Å². The first-order chi connectivity index (χ1) is 23.8. The third-order valence-corrected chi connectivity index (χ3v) is 9.44. The molecule has 2 aliphatic rings. The molecule has 0 radical (unpaired) electrons. The van der Waals surface area contributed by atoms with Crippen LogP contribution in [0.15, 0.2) is 79.9 Å². The van der Waals surface area contributed by atoms with Crippen LogP contribution >= 0.6 is 0 Å². The minimum absolute atomic E-state index is 0.0388. The summed E-state index contributed by atoms with van der Waals surface area (Å²) in [4.78, 5) is 54.7. The van der Waals surface area contributed by atoms with Gasteiger partial charge in [-0.05, 0) is 48.3 Å². The number of carbonyl (C=O) groups excluding carboxylic acids is 4. The Bertz CT molecular complexity index is 1410. The molecule has 49 heavy (non-hydrogen) atoms. The number of allylic oxidation sites excluding steroid dienone is 1. The Kier molecular flexibility index (Phi) is 14.9. The Hall–Kier alpha value is -4.44. The van der Waals surface area contributed by atoms with Gasteiger partial charge in [0.25, 0.3) is 0 Å². The summed E-state index contributed by atoms with van der Waals surface area (Å²) in [5.41, 5.74) is 2.96. The second-order valence-corrected chi connectivity index (χ2v) is 13.1. The Labute approximate surface area is 289 Å². The number of amides is 3. The Morgan fingerprint density at radius 1 is 0.898 bits per heavy atom. The van der Waals surface area contributed by atoms with Gasteiger partial charge >= 0.3 is 12.1 Å². The van der Waals surface area contributed by atoms with Gasteiger partial charge in [0.15, 0.2) is 0 Å². The van der Waals surface area contributed by atoms with Gasteiger partial charge in [-0.25, -0.2) is 9.59 Å². The summed E-state index contributed by atoms with van der Waals surface area (Å²) in [6.07, 6.45) is 9.42. The molecule has 4 rings (SSSR count). The summed E-state index contributed by atoms with van der Waals surface area (Å²) in [7, 11) is 0. The molecule has 4 atom stereocenters. The average Bonchev–Trinajstić information content (AvgIpc) is 3.12. The Morgan fingerprint density at radius 2 is 1.59 bits per heavy atom. The zero-order valence-electron chi connectivity index (χ0n) is 28.4. The van der Waals surface area contributed by atoms with E-state index < -0.39 is 30.1 Å². The summed E-state index contributed by atoms with van der Waals surface area (Å²) in [6, 6.07) is 15.2. The van der Waals surface area contributed by atoms with Crippen LogP contribution in [0.2, 0.25) is 0 Å². The second-order valence-electron chi connectivity index (χ2n) is 13.1. The topological polar surface area (TPSA) is 134 Å². The molecular weight excluding hydrogens is 622 g/mol. The van der Waals surface area contributed by atoms with Crippen molar-refractivity contribution in [3.8, 4) is 0 Å². The van der Waals surface area contributed by atoms with Crippen molar-refractivity contribution >= 4 is 23.9 Å². The van der Waals surface area contributed by atoms with Gasteiger partial charge in [0.1, 0.15) is 19.3 Å². The Balaban J connectivity index is 1.38. The van der Waals surface area contributed by atoms with Crippen LogP contribution < -0.4 is 10.6 Å². The van der Waals surface area contributed by atoms with E-state index in [0.29, 0.717) is 25.3 Å². The van der Waals surface area contributed by atoms with Gasteiger partial charge in [-0.1, -0.05) is 98.9 Å². The van der Waals surface area contributed by atoms with E-state index in [-0.39, 0.29) is 56.9 Å². The maximum absolute atomic E-state index is 13.8. The predicted molar refractivity (Wildman–Crippen MR) is 187 cm³/mol. The van der Waals surface area contributed by atoms with Crippen LogP contribution in [-0.4, -0.2) is 65.2 Å².